The van der Waals surface area contributed by atoms with Crippen LogP contribution in [0.25, 0.3) is 0 Å². The van der Waals surface area contributed by atoms with Crippen LogP contribution >= 0.6 is 0 Å². The number of benzene rings is 1. The molecule has 0 unspecified atom stereocenters. The second-order valence-electron chi connectivity index (χ2n) is 4.10. The first-order valence-electron chi connectivity index (χ1n) is 6.18. The molecule has 1 aromatic carbocycles. The lowest BCUT2D eigenvalue weighted by Gasteiger charge is -2.09. The lowest BCUT2D eigenvalue weighted by Crippen LogP contribution is -2.06. The molecule has 0 amide bonds. The van der Waals surface area contributed by atoms with E-state index < -0.39 is 0 Å². The van der Waals surface area contributed by atoms with Crippen molar-refractivity contribution in [3.05, 3.63) is 59.4 Å². The minimum absolute atomic E-state index is 0.439. The van der Waals surface area contributed by atoms with Crippen molar-refractivity contribution in [3.63, 3.8) is 0 Å². The molecule has 0 aliphatic rings. The van der Waals surface area contributed by atoms with E-state index in [0.29, 0.717) is 13.2 Å². The summed E-state index contributed by atoms with van der Waals surface area (Å²) in [5.74, 6) is 0.890. The normalized spacial score (nSPS) is 10.3. The van der Waals surface area contributed by atoms with Crippen LogP contribution in [0.4, 0.5) is 0 Å². The molecule has 0 fully saturated rings. The van der Waals surface area contributed by atoms with Crippen molar-refractivity contribution in [1.29, 1.82) is 0 Å². The average Bonchev–Trinajstić information content (AvgIpc) is 2.45. The van der Waals surface area contributed by atoms with Crippen LogP contribution in [-0.4, -0.2) is 4.98 Å². The summed E-state index contributed by atoms with van der Waals surface area (Å²) < 4.78 is 5.78. The molecular weight excluding hydrogens is 224 g/mol. The topological polar surface area (TPSA) is 48.1 Å². The summed E-state index contributed by atoms with van der Waals surface area (Å²) in [5, 5.41) is 0. The Hall–Kier alpha value is -1.87. The van der Waals surface area contributed by atoms with E-state index in [1.807, 2.05) is 24.3 Å². The third kappa shape index (κ3) is 3.08. The third-order valence-electron chi connectivity index (χ3n) is 2.88. The summed E-state index contributed by atoms with van der Waals surface area (Å²) >= 11 is 0. The Balaban J connectivity index is 2.06. The highest BCUT2D eigenvalue weighted by atomic mass is 16.5. The quantitative estimate of drug-likeness (QED) is 0.877. The number of aromatic nitrogens is 1. The highest BCUT2D eigenvalue weighted by Gasteiger charge is 2.02. The third-order valence-corrected chi connectivity index (χ3v) is 2.88. The predicted octanol–water partition coefficient (Wildman–Crippen LogP) is 2.68. The number of nitrogens with zero attached hydrogens (tertiary/aromatic N) is 1. The van der Waals surface area contributed by atoms with Gasteiger partial charge in [0, 0.05) is 18.3 Å². The monoisotopic (exact) mass is 242 g/mol. The first-order valence-corrected chi connectivity index (χ1v) is 6.18. The van der Waals surface area contributed by atoms with Gasteiger partial charge in [0.1, 0.15) is 12.4 Å². The zero-order chi connectivity index (χ0) is 12.8. The first-order chi connectivity index (χ1) is 8.83. The van der Waals surface area contributed by atoms with E-state index in [9.17, 15) is 0 Å². The molecule has 1 heterocycles. The molecule has 3 heteroatoms. The Morgan fingerprint density at radius 1 is 1.22 bits per heavy atom. The highest BCUT2D eigenvalue weighted by Crippen LogP contribution is 2.16. The van der Waals surface area contributed by atoms with E-state index in [-0.39, 0.29) is 0 Å². The van der Waals surface area contributed by atoms with Crippen LogP contribution in [0.5, 0.6) is 5.75 Å². The number of rotatable bonds is 5. The van der Waals surface area contributed by atoms with Gasteiger partial charge >= 0.3 is 0 Å². The molecule has 2 aromatic rings. The molecule has 18 heavy (non-hydrogen) atoms. The molecule has 3 nitrogen and oxygen atoms in total. The van der Waals surface area contributed by atoms with Gasteiger partial charge in [-0.3, -0.25) is 4.98 Å². The zero-order valence-electron chi connectivity index (χ0n) is 10.6. The Bertz CT molecular complexity index is 511. The summed E-state index contributed by atoms with van der Waals surface area (Å²) in [6.07, 6.45) is 2.77. The summed E-state index contributed by atoms with van der Waals surface area (Å²) in [4.78, 5) is 4.24. The minimum Gasteiger partial charge on any atom is -0.489 e. The van der Waals surface area contributed by atoms with Crippen molar-refractivity contribution in [2.75, 3.05) is 0 Å². The zero-order valence-corrected chi connectivity index (χ0v) is 10.6. The molecule has 0 radical (unpaired) electrons. The summed E-state index contributed by atoms with van der Waals surface area (Å²) in [7, 11) is 0. The van der Waals surface area contributed by atoms with Crippen LogP contribution < -0.4 is 10.5 Å². The fourth-order valence-electron chi connectivity index (χ4n) is 1.80. The molecule has 94 valence electrons. The molecule has 0 spiro atoms. The molecule has 0 bridgehead atoms. The van der Waals surface area contributed by atoms with Gasteiger partial charge in [0.15, 0.2) is 0 Å². The lowest BCUT2D eigenvalue weighted by molar-refractivity contribution is 0.304. The number of nitrogens with two attached hydrogens (primary N) is 1. The molecule has 0 saturated carbocycles. The van der Waals surface area contributed by atoms with Crippen molar-refractivity contribution in [1.82, 2.24) is 4.98 Å². The van der Waals surface area contributed by atoms with Crippen LogP contribution in [0.15, 0.2) is 42.6 Å². The number of pyridine rings is 1. The molecule has 2 N–H and O–H groups in total. The van der Waals surface area contributed by atoms with E-state index in [0.717, 1.165) is 23.4 Å². The maximum absolute atomic E-state index is 5.78. The van der Waals surface area contributed by atoms with Crippen molar-refractivity contribution < 1.29 is 4.74 Å². The van der Waals surface area contributed by atoms with E-state index >= 15 is 0 Å². The summed E-state index contributed by atoms with van der Waals surface area (Å²) in [5.41, 5.74) is 8.86. The highest BCUT2D eigenvalue weighted by molar-refractivity contribution is 5.29. The van der Waals surface area contributed by atoms with Crippen LogP contribution in [-0.2, 0) is 19.6 Å². The van der Waals surface area contributed by atoms with E-state index in [1.54, 1.807) is 6.20 Å². The molecule has 2 rings (SSSR count). The molecular formula is C15H18N2O. The molecule has 0 aliphatic carbocycles. The first kappa shape index (κ1) is 12.6. The number of ether oxygens (including phenoxy) is 1. The summed E-state index contributed by atoms with van der Waals surface area (Å²) in [6, 6.07) is 12.1. The molecule has 0 atom stereocenters. The Kier molecular flexibility index (Phi) is 4.31. The van der Waals surface area contributed by atoms with Crippen LogP contribution in [0.3, 0.4) is 0 Å². The summed E-state index contributed by atoms with van der Waals surface area (Å²) in [6.45, 7) is 3.08. The number of aryl methyl sites for hydroxylation is 1. The van der Waals surface area contributed by atoms with Crippen molar-refractivity contribution in [3.8, 4) is 5.75 Å². The van der Waals surface area contributed by atoms with Gasteiger partial charge in [-0.25, -0.2) is 0 Å². The van der Waals surface area contributed by atoms with E-state index in [1.165, 1.54) is 5.56 Å². The van der Waals surface area contributed by atoms with Crippen molar-refractivity contribution in [2.24, 2.45) is 5.73 Å². The SMILES string of the molecule is CCc1cccc(OCc2cccnc2CN)c1. The second kappa shape index (κ2) is 6.17. The van der Waals surface area contributed by atoms with Gasteiger partial charge in [0.2, 0.25) is 0 Å². The predicted molar refractivity (Wildman–Crippen MR) is 72.3 cm³/mol. The fourth-order valence-corrected chi connectivity index (χ4v) is 1.80. The van der Waals surface area contributed by atoms with E-state index in [4.69, 9.17) is 10.5 Å². The van der Waals surface area contributed by atoms with Gasteiger partial charge in [-0.2, -0.15) is 0 Å². The Morgan fingerprint density at radius 3 is 2.89 bits per heavy atom. The maximum Gasteiger partial charge on any atom is 0.120 e. The fraction of sp³-hybridized carbons (Fsp3) is 0.267. The van der Waals surface area contributed by atoms with Crippen molar-refractivity contribution in [2.45, 2.75) is 26.5 Å². The Labute approximate surface area is 108 Å². The molecule has 0 saturated heterocycles. The standard InChI is InChI=1S/C15H18N2O/c1-2-12-5-3-7-14(9-12)18-11-13-6-4-8-17-15(13)10-16/h3-9H,2,10-11,16H2,1H3. The maximum atomic E-state index is 5.78. The van der Waals surface area contributed by atoms with E-state index in [2.05, 4.69) is 24.0 Å². The minimum atomic E-state index is 0.439. The lowest BCUT2D eigenvalue weighted by atomic mass is 10.1. The largest absolute Gasteiger partial charge is 0.489 e. The van der Waals surface area contributed by atoms with Crippen LogP contribution in [0.2, 0.25) is 0 Å². The van der Waals surface area contributed by atoms with Crippen LogP contribution in [0.1, 0.15) is 23.7 Å². The Morgan fingerprint density at radius 2 is 2.11 bits per heavy atom. The smallest absolute Gasteiger partial charge is 0.120 e. The number of hydrogen-bond acceptors (Lipinski definition) is 3. The van der Waals surface area contributed by atoms with Gasteiger partial charge in [-0.05, 0) is 30.2 Å². The van der Waals surface area contributed by atoms with Gasteiger partial charge in [-0.1, -0.05) is 25.1 Å². The van der Waals surface area contributed by atoms with Gasteiger partial charge in [0.25, 0.3) is 0 Å². The van der Waals surface area contributed by atoms with Gasteiger partial charge in [-0.15, -0.1) is 0 Å². The molecule has 0 aliphatic heterocycles. The van der Waals surface area contributed by atoms with Gasteiger partial charge < -0.3 is 10.5 Å². The average molecular weight is 242 g/mol. The molecule has 1 aromatic heterocycles. The second-order valence-corrected chi connectivity index (χ2v) is 4.10. The van der Waals surface area contributed by atoms with Crippen molar-refractivity contribution >= 4 is 0 Å². The number of hydrogen-bond donors (Lipinski definition) is 1. The van der Waals surface area contributed by atoms with Crippen LogP contribution in [0, 0.1) is 0 Å². The van der Waals surface area contributed by atoms with Gasteiger partial charge in [0.05, 0.1) is 5.69 Å².